The summed E-state index contributed by atoms with van der Waals surface area (Å²) in [5.41, 5.74) is 0.311. The number of nitrogens with one attached hydrogen (secondary N) is 1. The van der Waals surface area contributed by atoms with Gasteiger partial charge in [0.15, 0.2) is 0 Å². The second-order valence-electron chi connectivity index (χ2n) is 6.30. The Bertz CT molecular complexity index is 539. The zero-order valence-corrected chi connectivity index (χ0v) is 13.1. The molecule has 0 atom stereocenters. The van der Waals surface area contributed by atoms with E-state index in [2.05, 4.69) is 10.2 Å². The van der Waals surface area contributed by atoms with Crippen molar-refractivity contribution in [2.24, 2.45) is 0 Å². The Morgan fingerprint density at radius 3 is 2.55 bits per heavy atom. The van der Waals surface area contributed by atoms with Gasteiger partial charge in [0.2, 0.25) is 0 Å². The lowest BCUT2D eigenvalue weighted by Gasteiger charge is -2.42. The molecule has 2 aliphatic rings. The molecule has 3 rings (SSSR count). The van der Waals surface area contributed by atoms with Gasteiger partial charge < -0.3 is 5.32 Å². The Morgan fingerprint density at radius 1 is 1.18 bits per heavy atom. The highest BCUT2D eigenvalue weighted by atomic mass is 35.5. The molecule has 1 spiro atoms. The summed E-state index contributed by atoms with van der Waals surface area (Å²) in [5.74, 6) is 0. The number of nitrogens with zero attached hydrogens (tertiary/aromatic N) is 1. The van der Waals surface area contributed by atoms with Crippen molar-refractivity contribution in [2.75, 3.05) is 19.6 Å². The second kappa shape index (κ2) is 6.02. The van der Waals surface area contributed by atoms with Gasteiger partial charge >= 0.3 is 6.18 Å². The normalized spacial score (nSPS) is 22.4. The molecule has 1 aromatic rings. The SMILES string of the molecule is FC(F)(F)c1ccc(CN2CCCC23CCNCC3)c(Cl)c1. The molecule has 0 radical (unpaired) electrons. The first-order valence-corrected chi connectivity index (χ1v) is 8.10. The van der Waals surface area contributed by atoms with Crippen molar-refractivity contribution in [1.29, 1.82) is 0 Å². The molecule has 2 nitrogen and oxygen atoms in total. The Balaban J connectivity index is 1.78. The van der Waals surface area contributed by atoms with E-state index in [1.807, 2.05) is 0 Å². The first-order chi connectivity index (χ1) is 10.4. The fourth-order valence-electron chi connectivity index (χ4n) is 3.76. The highest BCUT2D eigenvalue weighted by molar-refractivity contribution is 6.31. The number of likely N-dealkylation sites (tertiary alicyclic amines) is 1. The quantitative estimate of drug-likeness (QED) is 0.878. The van der Waals surface area contributed by atoms with Gasteiger partial charge in [-0.25, -0.2) is 0 Å². The van der Waals surface area contributed by atoms with E-state index in [9.17, 15) is 13.2 Å². The predicted molar refractivity (Wildman–Crippen MR) is 80.9 cm³/mol. The number of halogens is 4. The van der Waals surface area contributed by atoms with Crippen LogP contribution in [0.1, 0.15) is 36.8 Å². The van der Waals surface area contributed by atoms with Crippen LogP contribution in [-0.2, 0) is 12.7 Å². The zero-order valence-electron chi connectivity index (χ0n) is 12.3. The third kappa shape index (κ3) is 3.12. The molecule has 1 N–H and O–H groups in total. The van der Waals surface area contributed by atoms with Gasteiger partial charge in [0.1, 0.15) is 0 Å². The van der Waals surface area contributed by atoms with Crippen LogP contribution in [0.5, 0.6) is 0 Å². The summed E-state index contributed by atoms with van der Waals surface area (Å²) < 4.78 is 38.1. The average Bonchev–Trinajstić information content (AvgIpc) is 2.83. The van der Waals surface area contributed by atoms with Crippen molar-refractivity contribution in [3.8, 4) is 0 Å². The van der Waals surface area contributed by atoms with Crippen LogP contribution in [0.2, 0.25) is 5.02 Å². The van der Waals surface area contributed by atoms with Gasteiger partial charge in [-0.3, -0.25) is 4.90 Å². The van der Waals surface area contributed by atoms with E-state index < -0.39 is 11.7 Å². The number of benzene rings is 1. The van der Waals surface area contributed by atoms with E-state index in [4.69, 9.17) is 11.6 Å². The van der Waals surface area contributed by atoms with E-state index in [1.165, 1.54) is 12.5 Å². The van der Waals surface area contributed by atoms with E-state index in [-0.39, 0.29) is 10.6 Å². The fraction of sp³-hybridized carbons (Fsp3) is 0.625. The molecule has 0 bridgehead atoms. The lowest BCUT2D eigenvalue weighted by atomic mass is 9.85. The summed E-state index contributed by atoms with van der Waals surface area (Å²) in [6, 6.07) is 3.70. The Kier molecular flexibility index (Phi) is 4.40. The second-order valence-corrected chi connectivity index (χ2v) is 6.71. The highest BCUT2D eigenvalue weighted by Crippen LogP contribution is 2.39. The lowest BCUT2D eigenvalue weighted by Crippen LogP contribution is -2.50. The molecule has 0 aliphatic carbocycles. The van der Waals surface area contributed by atoms with Crippen LogP contribution in [0.3, 0.4) is 0 Å². The van der Waals surface area contributed by atoms with Crippen molar-refractivity contribution in [2.45, 2.75) is 43.9 Å². The molecule has 122 valence electrons. The maximum absolute atomic E-state index is 12.7. The predicted octanol–water partition coefficient (Wildman–Crippen LogP) is 4.08. The molecule has 22 heavy (non-hydrogen) atoms. The van der Waals surface area contributed by atoms with E-state index in [1.54, 1.807) is 0 Å². The molecular weight excluding hydrogens is 313 g/mol. The Hall–Kier alpha value is -0.780. The van der Waals surface area contributed by atoms with Gasteiger partial charge in [0, 0.05) is 17.1 Å². The van der Waals surface area contributed by atoms with Gasteiger partial charge in [-0.2, -0.15) is 13.2 Å². The highest BCUT2D eigenvalue weighted by Gasteiger charge is 2.41. The van der Waals surface area contributed by atoms with Gasteiger partial charge in [-0.1, -0.05) is 17.7 Å². The van der Waals surface area contributed by atoms with Crippen molar-refractivity contribution in [3.05, 3.63) is 34.3 Å². The van der Waals surface area contributed by atoms with Crippen molar-refractivity contribution in [3.63, 3.8) is 0 Å². The number of alkyl halides is 3. The topological polar surface area (TPSA) is 15.3 Å². The molecular formula is C16H20ClF3N2. The van der Waals surface area contributed by atoms with Crippen LogP contribution < -0.4 is 5.32 Å². The van der Waals surface area contributed by atoms with Gasteiger partial charge in [-0.15, -0.1) is 0 Å². The standard InChI is InChI=1S/C16H20ClF3N2/c17-14-10-13(16(18,19)20)3-2-12(14)11-22-9-1-4-15(22)5-7-21-8-6-15/h2-3,10,21H,1,4-9,11H2. The van der Waals surface area contributed by atoms with E-state index >= 15 is 0 Å². The molecule has 2 aliphatic heterocycles. The lowest BCUT2D eigenvalue weighted by molar-refractivity contribution is -0.137. The molecule has 0 saturated carbocycles. The number of hydrogen-bond donors (Lipinski definition) is 1. The van der Waals surface area contributed by atoms with Crippen LogP contribution in [0.15, 0.2) is 18.2 Å². The number of rotatable bonds is 2. The maximum atomic E-state index is 12.7. The third-order valence-electron chi connectivity index (χ3n) is 5.02. The van der Waals surface area contributed by atoms with Gasteiger partial charge in [-0.05, 0) is 63.0 Å². The van der Waals surface area contributed by atoms with Crippen molar-refractivity contribution < 1.29 is 13.2 Å². The Labute approximate surface area is 133 Å². The smallest absolute Gasteiger partial charge is 0.317 e. The summed E-state index contributed by atoms with van der Waals surface area (Å²) in [4.78, 5) is 2.42. The summed E-state index contributed by atoms with van der Waals surface area (Å²) in [7, 11) is 0. The first-order valence-electron chi connectivity index (χ1n) is 7.72. The maximum Gasteiger partial charge on any atom is 0.416 e. The summed E-state index contributed by atoms with van der Waals surface area (Å²) in [6.07, 6.45) is 0.188. The Morgan fingerprint density at radius 2 is 1.91 bits per heavy atom. The fourth-order valence-corrected chi connectivity index (χ4v) is 4.00. The molecule has 1 aromatic carbocycles. The summed E-state index contributed by atoms with van der Waals surface area (Å²) in [5, 5.41) is 3.59. The molecule has 2 fully saturated rings. The van der Waals surface area contributed by atoms with E-state index in [0.717, 1.165) is 56.6 Å². The number of piperidine rings is 1. The van der Waals surface area contributed by atoms with Crippen LogP contribution in [0.4, 0.5) is 13.2 Å². The molecule has 2 heterocycles. The molecule has 2 saturated heterocycles. The van der Waals surface area contributed by atoms with Crippen molar-refractivity contribution in [1.82, 2.24) is 10.2 Å². The minimum Gasteiger partial charge on any atom is -0.317 e. The molecule has 0 unspecified atom stereocenters. The first kappa shape index (κ1) is 16.1. The number of hydrogen-bond acceptors (Lipinski definition) is 2. The van der Waals surface area contributed by atoms with E-state index in [0.29, 0.717) is 6.54 Å². The van der Waals surface area contributed by atoms with Crippen molar-refractivity contribution >= 4 is 11.6 Å². The molecule has 6 heteroatoms. The van der Waals surface area contributed by atoms with Crippen LogP contribution in [-0.4, -0.2) is 30.1 Å². The summed E-state index contributed by atoms with van der Waals surface area (Å²) in [6.45, 7) is 3.66. The van der Waals surface area contributed by atoms with Gasteiger partial charge in [0.05, 0.1) is 5.56 Å². The van der Waals surface area contributed by atoms with Crippen LogP contribution >= 0.6 is 11.6 Å². The monoisotopic (exact) mass is 332 g/mol. The summed E-state index contributed by atoms with van der Waals surface area (Å²) >= 11 is 6.10. The molecule has 0 aromatic heterocycles. The molecule has 0 amide bonds. The zero-order chi connectivity index (χ0) is 15.8. The largest absolute Gasteiger partial charge is 0.416 e. The van der Waals surface area contributed by atoms with Crippen LogP contribution in [0.25, 0.3) is 0 Å². The third-order valence-corrected chi connectivity index (χ3v) is 5.37. The average molecular weight is 333 g/mol. The minimum atomic E-state index is -4.34. The van der Waals surface area contributed by atoms with Crippen LogP contribution in [0, 0.1) is 0 Å². The minimum absolute atomic E-state index is 0.206. The van der Waals surface area contributed by atoms with Gasteiger partial charge in [0.25, 0.3) is 0 Å².